The third-order valence-corrected chi connectivity index (χ3v) is 5.28. The molecular formula is C20H36N4O. The highest BCUT2D eigenvalue weighted by Crippen LogP contribution is 2.24. The van der Waals surface area contributed by atoms with Gasteiger partial charge in [-0.15, -0.1) is 0 Å². The summed E-state index contributed by atoms with van der Waals surface area (Å²) in [5.41, 5.74) is 1.57. The van der Waals surface area contributed by atoms with E-state index in [4.69, 9.17) is 0 Å². The lowest BCUT2D eigenvalue weighted by Crippen LogP contribution is -2.54. The Balaban J connectivity index is 2.06. The number of piperidine rings is 1. The Morgan fingerprint density at radius 2 is 2.00 bits per heavy atom. The smallest absolute Gasteiger partial charge is 0.254 e. The molecule has 0 bridgehead atoms. The monoisotopic (exact) mass is 348 g/mol. The molecule has 0 saturated carbocycles. The van der Waals surface area contributed by atoms with Crippen LogP contribution < -0.4 is 5.32 Å². The van der Waals surface area contributed by atoms with E-state index in [1.807, 2.05) is 4.68 Å². The summed E-state index contributed by atoms with van der Waals surface area (Å²) in [5, 5.41) is 7.63. The fraction of sp³-hybridized carbons (Fsp3) is 0.800. The lowest BCUT2D eigenvalue weighted by molar-refractivity contribution is 0.0657. The Morgan fingerprint density at radius 3 is 2.56 bits per heavy atom. The van der Waals surface area contributed by atoms with E-state index in [0.717, 1.165) is 31.1 Å². The summed E-state index contributed by atoms with van der Waals surface area (Å²) in [6.45, 7) is 18.1. The van der Waals surface area contributed by atoms with Gasteiger partial charge in [0, 0.05) is 18.6 Å². The topological polar surface area (TPSA) is 50.2 Å². The van der Waals surface area contributed by atoms with Crippen LogP contribution in [0, 0.1) is 5.92 Å². The number of likely N-dealkylation sites (tertiary alicyclic amines) is 1. The molecule has 1 atom stereocenters. The average molecular weight is 349 g/mol. The van der Waals surface area contributed by atoms with Crippen LogP contribution >= 0.6 is 0 Å². The number of carbonyl (C=O) groups is 1. The maximum absolute atomic E-state index is 12.8. The molecule has 142 valence electrons. The third-order valence-electron chi connectivity index (χ3n) is 5.28. The largest absolute Gasteiger partial charge is 0.350 e. The predicted molar refractivity (Wildman–Crippen MR) is 103 cm³/mol. The van der Waals surface area contributed by atoms with Gasteiger partial charge in [-0.3, -0.25) is 14.4 Å². The molecular weight excluding hydrogens is 312 g/mol. The maximum Gasteiger partial charge on any atom is 0.254 e. The fourth-order valence-electron chi connectivity index (χ4n) is 3.72. The van der Waals surface area contributed by atoms with Crippen molar-refractivity contribution in [2.45, 2.75) is 78.8 Å². The fourth-order valence-corrected chi connectivity index (χ4v) is 3.72. The second-order valence-corrected chi connectivity index (χ2v) is 9.13. The average Bonchev–Trinajstić information content (AvgIpc) is 2.97. The first kappa shape index (κ1) is 20.0. The lowest BCUT2D eigenvalue weighted by atomic mass is 9.93. The van der Waals surface area contributed by atoms with Crippen LogP contribution in [0.4, 0.5) is 0 Å². The van der Waals surface area contributed by atoms with E-state index in [1.165, 1.54) is 12.8 Å². The van der Waals surface area contributed by atoms with Crippen LogP contribution in [0.2, 0.25) is 0 Å². The van der Waals surface area contributed by atoms with Crippen molar-refractivity contribution in [3.05, 3.63) is 17.5 Å². The minimum absolute atomic E-state index is 0.00881. The van der Waals surface area contributed by atoms with Crippen LogP contribution in [0.3, 0.4) is 0 Å². The van der Waals surface area contributed by atoms with Gasteiger partial charge in [0.2, 0.25) is 0 Å². The van der Waals surface area contributed by atoms with Gasteiger partial charge >= 0.3 is 0 Å². The summed E-state index contributed by atoms with van der Waals surface area (Å²) in [7, 11) is 0. The molecule has 1 fully saturated rings. The first-order valence-corrected chi connectivity index (χ1v) is 9.67. The molecule has 25 heavy (non-hydrogen) atoms. The Kier molecular flexibility index (Phi) is 5.97. The molecule has 0 spiro atoms. The molecule has 0 unspecified atom stereocenters. The molecule has 1 aliphatic heterocycles. The highest BCUT2D eigenvalue weighted by molar-refractivity contribution is 5.95. The van der Waals surface area contributed by atoms with Crippen LogP contribution in [0.25, 0.3) is 0 Å². The first-order chi connectivity index (χ1) is 11.6. The van der Waals surface area contributed by atoms with Gasteiger partial charge < -0.3 is 5.32 Å². The van der Waals surface area contributed by atoms with Crippen LogP contribution in [0.15, 0.2) is 6.20 Å². The third kappa shape index (κ3) is 4.63. The maximum atomic E-state index is 12.8. The zero-order chi connectivity index (χ0) is 18.8. The summed E-state index contributed by atoms with van der Waals surface area (Å²) >= 11 is 0. The number of amides is 1. The van der Waals surface area contributed by atoms with Gasteiger partial charge in [-0.1, -0.05) is 13.8 Å². The quantitative estimate of drug-likeness (QED) is 0.887. The molecule has 0 aliphatic carbocycles. The van der Waals surface area contributed by atoms with Gasteiger partial charge in [0.25, 0.3) is 5.91 Å². The number of hydrogen-bond acceptors (Lipinski definition) is 3. The van der Waals surface area contributed by atoms with Crippen molar-refractivity contribution in [3.63, 3.8) is 0 Å². The van der Waals surface area contributed by atoms with Gasteiger partial charge in [0.15, 0.2) is 0 Å². The number of rotatable bonds is 5. The summed E-state index contributed by atoms with van der Waals surface area (Å²) in [6.07, 6.45) is 5.07. The first-order valence-electron chi connectivity index (χ1n) is 9.67. The molecule has 1 aromatic rings. The normalized spacial score (nSPS) is 19.9. The van der Waals surface area contributed by atoms with Crippen molar-refractivity contribution in [2.24, 2.45) is 5.92 Å². The molecule has 0 aromatic carbocycles. The number of carbonyl (C=O) groups excluding carboxylic acids is 1. The van der Waals surface area contributed by atoms with Crippen molar-refractivity contribution in [1.82, 2.24) is 20.0 Å². The molecule has 0 radical (unpaired) electrons. The van der Waals surface area contributed by atoms with Crippen molar-refractivity contribution in [2.75, 3.05) is 19.6 Å². The second-order valence-electron chi connectivity index (χ2n) is 9.13. The molecule has 5 heteroatoms. The Bertz CT molecular complexity index is 597. The summed E-state index contributed by atoms with van der Waals surface area (Å²) in [4.78, 5) is 15.3. The van der Waals surface area contributed by atoms with Gasteiger partial charge in [0.1, 0.15) is 0 Å². The SMILES string of the molecule is CCc1c(C(=O)NCC(C)(C)N2CCC[C@@H](C)C2)cnn1C(C)(C)C. The summed E-state index contributed by atoms with van der Waals surface area (Å²) in [5.74, 6) is 0.728. The molecule has 1 aliphatic rings. The van der Waals surface area contributed by atoms with Crippen molar-refractivity contribution < 1.29 is 4.79 Å². The zero-order valence-electron chi connectivity index (χ0n) is 17.1. The highest BCUT2D eigenvalue weighted by Gasteiger charge is 2.31. The predicted octanol–water partition coefficient (Wildman–Crippen LogP) is 3.44. The highest BCUT2D eigenvalue weighted by atomic mass is 16.1. The van der Waals surface area contributed by atoms with Gasteiger partial charge in [-0.25, -0.2) is 0 Å². The number of aromatic nitrogens is 2. The molecule has 5 nitrogen and oxygen atoms in total. The van der Waals surface area contributed by atoms with Gasteiger partial charge in [-0.05, 0) is 66.3 Å². The van der Waals surface area contributed by atoms with Gasteiger partial charge in [0.05, 0.1) is 23.0 Å². The number of nitrogens with one attached hydrogen (secondary N) is 1. The van der Waals surface area contributed by atoms with E-state index in [1.54, 1.807) is 6.20 Å². The van der Waals surface area contributed by atoms with Gasteiger partial charge in [-0.2, -0.15) is 5.10 Å². The molecule has 1 saturated heterocycles. The molecule has 1 aromatic heterocycles. The van der Waals surface area contributed by atoms with Crippen LogP contribution in [0.1, 0.15) is 77.4 Å². The summed E-state index contributed by atoms with van der Waals surface area (Å²) < 4.78 is 1.97. The van der Waals surface area contributed by atoms with Crippen LogP contribution in [-0.2, 0) is 12.0 Å². The van der Waals surface area contributed by atoms with E-state index in [2.05, 4.69) is 63.8 Å². The Morgan fingerprint density at radius 1 is 1.32 bits per heavy atom. The number of nitrogens with zero attached hydrogens (tertiary/aromatic N) is 3. The second kappa shape index (κ2) is 7.48. The summed E-state index contributed by atoms with van der Waals surface area (Å²) in [6, 6.07) is 0. The molecule has 2 heterocycles. The lowest BCUT2D eigenvalue weighted by Gasteiger charge is -2.43. The van der Waals surface area contributed by atoms with Crippen LogP contribution in [0.5, 0.6) is 0 Å². The van der Waals surface area contributed by atoms with E-state index in [9.17, 15) is 4.79 Å². The minimum Gasteiger partial charge on any atom is -0.350 e. The van der Waals surface area contributed by atoms with E-state index < -0.39 is 0 Å². The van der Waals surface area contributed by atoms with Crippen molar-refractivity contribution >= 4 is 5.91 Å². The standard InChI is InChI=1S/C20H36N4O/c1-8-17-16(12-22-24(17)19(3,4)5)18(25)21-14-20(6,7)23-11-9-10-15(2)13-23/h12,15H,8-11,13-14H2,1-7H3,(H,21,25)/t15-/m1/s1. The minimum atomic E-state index is -0.118. The molecule has 2 rings (SSSR count). The van der Waals surface area contributed by atoms with E-state index >= 15 is 0 Å². The van der Waals surface area contributed by atoms with Crippen molar-refractivity contribution in [3.8, 4) is 0 Å². The van der Waals surface area contributed by atoms with Crippen LogP contribution in [-0.4, -0.2) is 45.8 Å². The number of hydrogen-bond donors (Lipinski definition) is 1. The Labute approximate surface area is 153 Å². The molecule has 1 N–H and O–H groups in total. The van der Waals surface area contributed by atoms with Crippen molar-refractivity contribution in [1.29, 1.82) is 0 Å². The Hall–Kier alpha value is -1.36. The molecule has 1 amide bonds. The zero-order valence-corrected chi connectivity index (χ0v) is 17.1. The van der Waals surface area contributed by atoms with E-state index in [0.29, 0.717) is 12.1 Å². The van der Waals surface area contributed by atoms with E-state index in [-0.39, 0.29) is 17.0 Å².